The summed E-state index contributed by atoms with van der Waals surface area (Å²) in [7, 11) is 8.93. The van der Waals surface area contributed by atoms with Gasteiger partial charge < -0.3 is 19.6 Å². The van der Waals surface area contributed by atoms with Crippen LogP contribution >= 0.6 is 0 Å². The largest absolute Gasteiger partial charge is 0.306 e. The lowest BCUT2D eigenvalue weighted by Gasteiger charge is -2.44. The van der Waals surface area contributed by atoms with E-state index in [4.69, 9.17) is 0 Å². The second kappa shape index (κ2) is 14.0. The van der Waals surface area contributed by atoms with E-state index in [1.54, 1.807) is 0 Å². The fraction of sp³-hybridized carbons (Fsp3) is 1.00. The number of nitrogens with zero attached hydrogens (tertiary/aromatic N) is 4. The smallest absolute Gasteiger partial charge is 0.00216 e. The van der Waals surface area contributed by atoms with Gasteiger partial charge in [-0.3, -0.25) is 0 Å². The van der Waals surface area contributed by atoms with Gasteiger partial charge in [-0.2, -0.15) is 0 Å². The molecule has 4 saturated heterocycles. The Balaban J connectivity index is 0.000000238. The van der Waals surface area contributed by atoms with Crippen LogP contribution in [0.25, 0.3) is 0 Å². The highest BCUT2D eigenvalue weighted by Crippen LogP contribution is 2.31. The van der Waals surface area contributed by atoms with Crippen LogP contribution < -0.4 is 0 Å². The summed E-state index contributed by atoms with van der Waals surface area (Å²) in [4.78, 5) is 9.78. The molecule has 0 spiro atoms. The molecule has 0 aliphatic carbocycles. The molecule has 4 fully saturated rings. The van der Waals surface area contributed by atoms with Gasteiger partial charge in [-0.05, 0) is 104 Å². The van der Waals surface area contributed by atoms with E-state index >= 15 is 0 Å². The van der Waals surface area contributed by atoms with E-state index in [1.165, 1.54) is 78.0 Å². The van der Waals surface area contributed by atoms with Gasteiger partial charge in [0.15, 0.2) is 0 Å². The first-order chi connectivity index (χ1) is 13.5. The van der Waals surface area contributed by atoms with E-state index in [1.807, 2.05) is 27.7 Å². The van der Waals surface area contributed by atoms with Crippen molar-refractivity contribution in [3.8, 4) is 0 Å². The van der Waals surface area contributed by atoms with Gasteiger partial charge in [-0.15, -0.1) is 0 Å². The molecular formula is C24H52N4. The molecule has 168 valence electrons. The summed E-state index contributed by atoms with van der Waals surface area (Å²) >= 11 is 0. The third kappa shape index (κ3) is 8.30. The molecular weight excluding hydrogens is 344 g/mol. The zero-order chi connectivity index (χ0) is 21.1. The maximum atomic E-state index is 2.46. The van der Waals surface area contributed by atoms with E-state index in [2.05, 4.69) is 47.8 Å². The van der Waals surface area contributed by atoms with Gasteiger partial charge in [0.05, 0.1) is 0 Å². The zero-order valence-electron chi connectivity index (χ0n) is 20.6. The Hall–Kier alpha value is -0.160. The molecule has 4 heteroatoms. The summed E-state index contributed by atoms with van der Waals surface area (Å²) in [6.07, 6.45) is 5.76. The molecule has 0 amide bonds. The summed E-state index contributed by atoms with van der Waals surface area (Å²) in [5.74, 6) is 4.14. The van der Waals surface area contributed by atoms with Crippen molar-refractivity contribution in [1.82, 2.24) is 19.6 Å². The lowest BCUT2D eigenvalue weighted by molar-refractivity contribution is 0.0510. The maximum absolute atomic E-state index is 2.46. The highest BCUT2D eigenvalue weighted by molar-refractivity contribution is 4.86. The van der Waals surface area contributed by atoms with Crippen LogP contribution in [-0.2, 0) is 0 Å². The van der Waals surface area contributed by atoms with Crippen LogP contribution in [0.3, 0.4) is 0 Å². The highest BCUT2D eigenvalue weighted by Gasteiger charge is 2.33. The number of piperidine rings is 2. The van der Waals surface area contributed by atoms with Gasteiger partial charge in [0.2, 0.25) is 0 Å². The summed E-state index contributed by atoms with van der Waals surface area (Å²) < 4.78 is 0. The maximum Gasteiger partial charge on any atom is 0.00216 e. The van der Waals surface area contributed by atoms with Gasteiger partial charge in [0.1, 0.15) is 0 Å². The van der Waals surface area contributed by atoms with Crippen LogP contribution in [0.4, 0.5) is 0 Å². The standard InChI is InChI=1S/2C10H20N2.2C2H6/c2*1-11-5-3-9(4-6-11)10-7-12(2)8-10;2*1-2/h2*9-10H,3-8H2,1-2H3;2*1-2H3. The molecule has 0 aromatic carbocycles. The molecule has 4 nitrogen and oxygen atoms in total. The fourth-order valence-electron chi connectivity index (χ4n) is 5.09. The first-order valence-electron chi connectivity index (χ1n) is 12.3. The third-order valence-corrected chi connectivity index (χ3v) is 7.04. The molecule has 0 N–H and O–H groups in total. The van der Waals surface area contributed by atoms with Crippen molar-refractivity contribution in [3.63, 3.8) is 0 Å². The molecule has 4 aliphatic heterocycles. The van der Waals surface area contributed by atoms with Crippen LogP contribution in [-0.4, -0.2) is 100 Å². The molecule has 28 heavy (non-hydrogen) atoms. The quantitative estimate of drug-likeness (QED) is 0.703. The fourth-order valence-corrected chi connectivity index (χ4v) is 5.09. The Bertz CT molecular complexity index is 325. The third-order valence-electron chi connectivity index (χ3n) is 7.04. The van der Waals surface area contributed by atoms with Crippen molar-refractivity contribution in [3.05, 3.63) is 0 Å². The van der Waals surface area contributed by atoms with Gasteiger partial charge >= 0.3 is 0 Å². The van der Waals surface area contributed by atoms with Crippen molar-refractivity contribution < 1.29 is 0 Å². The SMILES string of the molecule is CC.CC.CN1CCC(C2CN(C)C2)CC1.CN1CCC(C2CN(C)C2)CC1. The molecule has 0 atom stereocenters. The molecule has 4 heterocycles. The zero-order valence-corrected chi connectivity index (χ0v) is 20.6. The number of hydrogen-bond acceptors (Lipinski definition) is 4. The van der Waals surface area contributed by atoms with Crippen molar-refractivity contribution in [2.75, 3.05) is 80.5 Å². The normalized spacial score (nSPS) is 26.6. The first-order valence-corrected chi connectivity index (χ1v) is 12.3. The lowest BCUT2D eigenvalue weighted by atomic mass is 9.80. The van der Waals surface area contributed by atoms with Crippen LogP contribution in [0.1, 0.15) is 53.4 Å². The van der Waals surface area contributed by atoms with E-state index in [0.29, 0.717) is 0 Å². The average molecular weight is 397 g/mol. The summed E-state index contributed by atoms with van der Waals surface area (Å²) in [5, 5.41) is 0. The van der Waals surface area contributed by atoms with Crippen LogP contribution in [0.15, 0.2) is 0 Å². The molecule has 4 aliphatic rings. The molecule has 0 aromatic rings. The van der Waals surface area contributed by atoms with Crippen LogP contribution in [0, 0.1) is 23.7 Å². The monoisotopic (exact) mass is 396 g/mol. The number of likely N-dealkylation sites (tertiary alicyclic amines) is 4. The summed E-state index contributed by atoms with van der Waals surface area (Å²) in [6.45, 7) is 18.7. The van der Waals surface area contributed by atoms with E-state index in [-0.39, 0.29) is 0 Å². The number of hydrogen-bond donors (Lipinski definition) is 0. The predicted molar refractivity (Wildman–Crippen MR) is 125 cm³/mol. The van der Waals surface area contributed by atoms with Gasteiger partial charge in [0, 0.05) is 26.2 Å². The molecule has 0 radical (unpaired) electrons. The van der Waals surface area contributed by atoms with E-state index < -0.39 is 0 Å². The Morgan fingerprint density at radius 1 is 0.393 bits per heavy atom. The topological polar surface area (TPSA) is 13.0 Å². The van der Waals surface area contributed by atoms with Crippen molar-refractivity contribution in [2.24, 2.45) is 23.7 Å². The Morgan fingerprint density at radius 3 is 0.857 bits per heavy atom. The minimum Gasteiger partial charge on any atom is -0.306 e. The highest BCUT2D eigenvalue weighted by atomic mass is 15.2. The van der Waals surface area contributed by atoms with E-state index in [0.717, 1.165) is 23.7 Å². The summed E-state index contributed by atoms with van der Waals surface area (Å²) in [5.41, 5.74) is 0. The molecule has 4 rings (SSSR count). The molecule has 0 bridgehead atoms. The van der Waals surface area contributed by atoms with Crippen LogP contribution in [0.5, 0.6) is 0 Å². The first kappa shape index (κ1) is 25.9. The van der Waals surface area contributed by atoms with Gasteiger partial charge in [0.25, 0.3) is 0 Å². The van der Waals surface area contributed by atoms with Crippen molar-refractivity contribution in [2.45, 2.75) is 53.4 Å². The molecule has 0 unspecified atom stereocenters. The Labute approximate surface area is 177 Å². The summed E-state index contributed by atoms with van der Waals surface area (Å²) in [6, 6.07) is 0. The van der Waals surface area contributed by atoms with Crippen LogP contribution in [0.2, 0.25) is 0 Å². The lowest BCUT2D eigenvalue weighted by Crippen LogP contribution is -2.49. The Morgan fingerprint density at radius 2 is 0.643 bits per heavy atom. The molecule has 0 aromatic heterocycles. The second-order valence-electron chi connectivity index (χ2n) is 9.24. The minimum atomic E-state index is 1.03. The molecule has 0 saturated carbocycles. The van der Waals surface area contributed by atoms with Gasteiger partial charge in [-0.1, -0.05) is 27.7 Å². The van der Waals surface area contributed by atoms with E-state index in [9.17, 15) is 0 Å². The Kier molecular flexibility index (Phi) is 12.9. The van der Waals surface area contributed by atoms with Crippen molar-refractivity contribution in [1.29, 1.82) is 0 Å². The second-order valence-corrected chi connectivity index (χ2v) is 9.24. The number of rotatable bonds is 2. The minimum absolute atomic E-state index is 1.03. The van der Waals surface area contributed by atoms with Gasteiger partial charge in [-0.25, -0.2) is 0 Å². The average Bonchev–Trinajstić information content (AvgIpc) is 2.68. The van der Waals surface area contributed by atoms with Crippen molar-refractivity contribution >= 4 is 0 Å². The predicted octanol–water partition coefficient (Wildman–Crippen LogP) is 3.83.